The molecule has 0 aromatic heterocycles. The summed E-state index contributed by atoms with van der Waals surface area (Å²) < 4.78 is 5.20. The first kappa shape index (κ1) is 25.4. The number of amides is 3. The van der Waals surface area contributed by atoms with Crippen LogP contribution >= 0.6 is 0 Å². The third-order valence-corrected chi connectivity index (χ3v) is 7.39. The highest BCUT2D eigenvalue weighted by molar-refractivity contribution is 6.02. The second kappa shape index (κ2) is 11.0. The van der Waals surface area contributed by atoms with Crippen molar-refractivity contribution < 1.29 is 24.2 Å². The van der Waals surface area contributed by atoms with Crippen LogP contribution in [0.15, 0.2) is 66.7 Å². The number of likely N-dealkylation sites (tertiary alicyclic amines) is 1. The maximum absolute atomic E-state index is 14.1. The van der Waals surface area contributed by atoms with E-state index in [2.05, 4.69) is 10.6 Å². The van der Waals surface area contributed by atoms with E-state index in [4.69, 9.17) is 4.74 Å². The molecule has 2 aromatic rings. The maximum Gasteiger partial charge on any atom is 0.247 e. The van der Waals surface area contributed by atoms with E-state index in [0.717, 1.165) is 5.56 Å². The highest BCUT2D eigenvalue weighted by Gasteiger charge is 2.58. The standard InChI is InChI=1S/C28H33N3O5/c1-4-17-10-15-21-24(23(17)26(33)29-2)28(35)31(22(16-32)18-8-6-5-7-9-18)25(21)27(34)30-19-11-13-20(36-3)14-12-19/h5-15,17,21-25,32H,4,16H2,1-3H3,(H,29,33)(H,30,34)/t17-,21+,22-,23-,24-,25+/m1/s1. The molecule has 0 radical (unpaired) electrons. The molecule has 1 saturated heterocycles. The summed E-state index contributed by atoms with van der Waals surface area (Å²) in [5.41, 5.74) is 1.28. The fourth-order valence-electron chi connectivity index (χ4n) is 5.61. The van der Waals surface area contributed by atoms with E-state index in [9.17, 15) is 19.5 Å². The average Bonchev–Trinajstić information content (AvgIpc) is 3.21. The van der Waals surface area contributed by atoms with Crippen molar-refractivity contribution in [2.24, 2.45) is 23.7 Å². The third-order valence-electron chi connectivity index (χ3n) is 7.39. The number of benzene rings is 2. The van der Waals surface area contributed by atoms with E-state index in [1.54, 1.807) is 38.4 Å². The van der Waals surface area contributed by atoms with E-state index < -0.39 is 29.8 Å². The van der Waals surface area contributed by atoms with Crippen molar-refractivity contribution in [3.63, 3.8) is 0 Å². The van der Waals surface area contributed by atoms with Crippen LogP contribution in [0.4, 0.5) is 5.69 Å². The zero-order valence-electron chi connectivity index (χ0n) is 20.8. The van der Waals surface area contributed by atoms with Gasteiger partial charge in [-0.1, -0.05) is 49.4 Å². The third kappa shape index (κ3) is 4.60. The van der Waals surface area contributed by atoms with Crippen molar-refractivity contribution in [1.29, 1.82) is 0 Å². The number of nitrogens with one attached hydrogen (secondary N) is 2. The summed E-state index contributed by atoms with van der Waals surface area (Å²) in [7, 11) is 3.13. The molecule has 8 nitrogen and oxygen atoms in total. The summed E-state index contributed by atoms with van der Waals surface area (Å²) in [6, 6.07) is 14.5. The Morgan fingerprint density at radius 3 is 2.33 bits per heavy atom. The molecule has 0 unspecified atom stereocenters. The number of hydrogen-bond acceptors (Lipinski definition) is 5. The Bertz CT molecular complexity index is 1120. The number of carbonyl (C=O) groups is 3. The lowest BCUT2D eigenvalue weighted by molar-refractivity contribution is -0.143. The number of rotatable bonds is 8. The molecule has 2 aliphatic rings. The van der Waals surface area contributed by atoms with Gasteiger partial charge in [-0.25, -0.2) is 0 Å². The number of aliphatic hydroxyl groups excluding tert-OH is 1. The maximum atomic E-state index is 14.1. The first-order valence-corrected chi connectivity index (χ1v) is 12.3. The monoisotopic (exact) mass is 491 g/mol. The molecule has 36 heavy (non-hydrogen) atoms. The molecule has 3 N–H and O–H groups in total. The van der Waals surface area contributed by atoms with Crippen molar-refractivity contribution in [3.8, 4) is 5.75 Å². The zero-order valence-corrected chi connectivity index (χ0v) is 20.8. The SMILES string of the molecule is CC[C@@H]1C=C[C@H]2[C@@H](C(=O)N([C@H](CO)c3ccccc3)[C@@H]2C(=O)Nc2ccc(OC)cc2)[C@@H]1C(=O)NC. The van der Waals surface area contributed by atoms with Gasteiger partial charge in [0.2, 0.25) is 17.7 Å². The molecule has 0 spiro atoms. The van der Waals surface area contributed by atoms with Gasteiger partial charge in [-0.15, -0.1) is 0 Å². The Balaban J connectivity index is 1.77. The number of aliphatic hydroxyl groups is 1. The number of carbonyl (C=O) groups excluding carboxylic acids is 3. The topological polar surface area (TPSA) is 108 Å². The largest absolute Gasteiger partial charge is 0.497 e. The van der Waals surface area contributed by atoms with Crippen LogP contribution in [0.3, 0.4) is 0 Å². The van der Waals surface area contributed by atoms with Crippen molar-refractivity contribution in [1.82, 2.24) is 10.2 Å². The second-order valence-electron chi connectivity index (χ2n) is 9.22. The summed E-state index contributed by atoms with van der Waals surface area (Å²) in [4.78, 5) is 42.3. The first-order valence-electron chi connectivity index (χ1n) is 12.3. The number of hydrogen-bond donors (Lipinski definition) is 3. The summed E-state index contributed by atoms with van der Waals surface area (Å²) in [6.45, 7) is 1.63. The molecule has 6 atom stereocenters. The van der Waals surface area contributed by atoms with Gasteiger partial charge in [0.25, 0.3) is 0 Å². The zero-order chi connectivity index (χ0) is 25.8. The molecule has 1 aliphatic heterocycles. The second-order valence-corrected chi connectivity index (χ2v) is 9.22. The number of allylic oxidation sites excluding steroid dienone is 1. The summed E-state index contributed by atoms with van der Waals surface area (Å²) in [6.07, 6.45) is 4.56. The minimum absolute atomic E-state index is 0.121. The highest BCUT2D eigenvalue weighted by atomic mass is 16.5. The fourth-order valence-corrected chi connectivity index (χ4v) is 5.61. The number of ether oxygens (including phenoxy) is 1. The predicted octanol–water partition coefficient (Wildman–Crippen LogP) is 2.77. The lowest BCUT2D eigenvalue weighted by Crippen LogP contribution is -2.46. The van der Waals surface area contributed by atoms with E-state index in [1.165, 1.54) is 4.90 Å². The van der Waals surface area contributed by atoms with Crippen LogP contribution in [0.2, 0.25) is 0 Å². The van der Waals surface area contributed by atoms with E-state index in [-0.39, 0.29) is 30.2 Å². The Morgan fingerprint density at radius 2 is 1.75 bits per heavy atom. The van der Waals surface area contributed by atoms with Gasteiger partial charge in [0.15, 0.2) is 0 Å². The lowest BCUT2D eigenvalue weighted by Gasteiger charge is -2.34. The van der Waals surface area contributed by atoms with E-state index >= 15 is 0 Å². The smallest absolute Gasteiger partial charge is 0.247 e. The van der Waals surface area contributed by atoms with Gasteiger partial charge in [-0.3, -0.25) is 14.4 Å². The minimum atomic E-state index is -0.900. The van der Waals surface area contributed by atoms with Crippen LogP contribution in [-0.4, -0.2) is 54.5 Å². The number of methoxy groups -OCH3 is 1. The number of nitrogens with zero attached hydrogens (tertiary/aromatic N) is 1. The summed E-state index contributed by atoms with van der Waals surface area (Å²) in [5, 5.41) is 16.1. The van der Waals surface area contributed by atoms with Crippen molar-refractivity contribution >= 4 is 23.4 Å². The van der Waals surface area contributed by atoms with Crippen LogP contribution in [0.1, 0.15) is 24.9 Å². The van der Waals surface area contributed by atoms with Crippen LogP contribution in [-0.2, 0) is 14.4 Å². The van der Waals surface area contributed by atoms with E-state index in [1.807, 2.05) is 49.4 Å². The van der Waals surface area contributed by atoms with Gasteiger partial charge >= 0.3 is 0 Å². The van der Waals surface area contributed by atoms with Crippen LogP contribution in [0.25, 0.3) is 0 Å². The van der Waals surface area contributed by atoms with Crippen LogP contribution in [0.5, 0.6) is 5.75 Å². The fraction of sp³-hybridized carbons (Fsp3) is 0.393. The van der Waals surface area contributed by atoms with Gasteiger partial charge < -0.3 is 25.4 Å². The molecule has 190 valence electrons. The van der Waals surface area contributed by atoms with E-state index in [0.29, 0.717) is 17.9 Å². The minimum Gasteiger partial charge on any atom is -0.497 e. The van der Waals surface area contributed by atoms with Gasteiger partial charge in [0, 0.05) is 18.7 Å². The normalized spacial score (nSPS) is 25.7. The number of anilines is 1. The van der Waals surface area contributed by atoms with Gasteiger partial charge in [-0.05, 0) is 42.2 Å². The van der Waals surface area contributed by atoms with Crippen molar-refractivity contribution in [2.75, 3.05) is 26.1 Å². The molecule has 1 aliphatic carbocycles. The molecule has 2 aromatic carbocycles. The molecule has 1 heterocycles. The molecule has 8 heteroatoms. The van der Waals surface area contributed by atoms with Gasteiger partial charge in [0.05, 0.1) is 31.6 Å². The molecular formula is C28H33N3O5. The Morgan fingerprint density at radius 1 is 1.06 bits per heavy atom. The Labute approximate surface area is 211 Å². The van der Waals surface area contributed by atoms with Crippen LogP contribution < -0.4 is 15.4 Å². The molecule has 0 bridgehead atoms. The van der Waals surface area contributed by atoms with Crippen molar-refractivity contribution in [2.45, 2.75) is 25.4 Å². The molecule has 1 fully saturated rings. The molecule has 3 amide bonds. The highest BCUT2D eigenvalue weighted by Crippen LogP contribution is 2.47. The van der Waals surface area contributed by atoms with Gasteiger partial charge in [0.1, 0.15) is 11.8 Å². The van der Waals surface area contributed by atoms with Gasteiger partial charge in [-0.2, -0.15) is 0 Å². The van der Waals surface area contributed by atoms with Crippen molar-refractivity contribution in [3.05, 3.63) is 72.3 Å². The lowest BCUT2D eigenvalue weighted by atomic mass is 9.69. The number of fused-ring (bicyclic) bond motifs is 1. The molecule has 4 rings (SSSR count). The molecular weight excluding hydrogens is 458 g/mol. The summed E-state index contributed by atoms with van der Waals surface area (Å²) >= 11 is 0. The molecule has 0 saturated carbocycles. The predicted molar refractivity (Wildman–Crippen MR) is 136 cm³/mol. The Hall–Kier alpha value is -3.65. The average molecular weight is 492 g/mol. The summed E-state index contributed by atoms with van der Waals surface area (Å²) in [5.74, 6) is -2.17. The first-order chi connectivity index (χ1) is 17.4. The quantitative estimate of drug-likeness (QED) is 0.492. The van der Waals surface area contributed by atoms with Crippen LogP contribution in [0, 0.1) is 23.7 Å². The Kier molecular flexibility index (Phi) is 7.74.